The van der Waals surface area contributed by atoms with Gasteiger partial charge in [-0.1, -0.05) is 0 Å². The third kappa shape index (κ3) is 1.85. The Morgan fingerprint density at radius 1 is 1.67 bits per heavy atom. The molecule has 68 valence electrons. The second-order valence-corrected chi connectivity index (χ2v) is 3.47. The first-order valence-electron chi connectivity index (χ1n) is 3.78. The average molecular weight is 233 g/mol. The molecule has 5 heteroatoms. The minimum Gasteiger partial charge on any atom is -0.271 e. The van der Waals surface area contributed by atoms with Gasteiger partial charge in [0.15, 0.2) is 0 Å². The summed E-state index contributed by atoms with van der Waals surface area (Å²) in [7, 11) is 1.93. The summed E-state index contributed by atoms with van der Waals surface area (Å²) in [6.07, 6.45) is 0.883. The zero-order valence-electron chi connectivity index (χ0n) is 7.26. The smallest absolute Gasteiger partial charge is 0.0738 e. The second-order valence-electron chi connectivity index (χ2n) is 2.67. The third-order valence-corrected chi connectivity index (χ3v) is 2.80. The minimum atomic E-state index is 0.761. The number of aryl methyl sites for hydroxylation is 2. The summed E-state index contributed by atoms with van der Waals surface area (Å²) < 4.78 is 2.96. The summed E-state index contributed by atoms with van der Waals surface area (Å²) in [6, 6.07) is 0. The molecule has 0 aromatic carbocycles. The molecule has 0 aliphatic carbocycles. The summed E-state index contributed by atoms with van der Waals surface area (Å²) >= 11 is 3.48. The van der Waals surface area contributed by atoms with Gasteiger partial charge in [-0.15, -0.1) is 0 Å². The van der Waals surface area contributed by atoms with Gasteiger partial charge in [-0.05, 0) is 22.9 Å². The Morgan fingerprint density at radius 3 is 2.75 bits per heavy atom. The summed E-state index contributed by atoms with van der Waals surface area (Å²) in [4.78, 5) is 0. The largest absolute Gasteiger partial charge is 0.271 e. The van der Waals surface area contributed by atoms with Crippen LogP contribution in [0.1, 0.15) is 11.4 Å². The first-order chi connectivity index (χ1) is 5.66. The summed E-state index contributed by atoms with van der Waals surface area (Å²) in [6.45, 7) is 2.74. The second kappa shape index (κ2) is 4.02. The van der Waals surface area contributed by atoms with Crippen molar-refractivity contribution in [2.45, 2.75) is 13.3 Å². The monoisotopic (exact) mass is 232 g/mol. The fourth-order valence-electron chi connectivity index (χ4n) is 1.14. The fraction of sp³-hybridized carbons (Fsp3) is 0.571. The molecule has 0 aliphatic rings. The molecule has 12 heavy (non-hydrogen) atoms. The van der Waals surface area contributed by atoms with E-state index in [1.165, 1.54) is 5.69 Å². The van der Waals surface area contributed by atoms with E-state index in [4.69, 9.17) is 5.84 Å². The van der Waals surface area contributed by atoms with Crippen LogP contribution in [0.3, 0.4) is 0 Å². The molecule has 4 nitrogen and oxygen atoms in total. The number of hydrogen-bond acceptors (Lipinski definition) is 3. The Bertz CT molecular complexity index is 269. The standard InChI is InChI=1S/C7H13BrN4/c1-5-7(8)6(3-4-10-9)12(2)11-5/h10H,3-4,9H2,1-2H3. The molecule has 0 saturated carbocycles. The molecule has 1 rings (SSSR count). The number of aromatic nitrogens is 2. The number of nitrogens with zero attached hydrogens (tertiary/aromatic N) is 2. The van der Waals surface area contributed by atoms with Gasteiger partial charge in [-0.2, -0.15) is 5.10 Å². The Kier molecular flexibility index (Phi) is 3.25. The van der Waals surface area contributed by atoms with Crippen LogP contribution in [0.15, 0.2) is 4.47 Å². The van der Waals surface area contributed by atoms with Gasteiger partial charge >= 0.3 is 0 Å². The Morgan fingerprint density at radius 2 is 2.33 bits per heavy atom. The first-order valence-corrected chi connectivity index (χ1v) is 4.57. The molecule has 1 aromatic heterocycles. The van der Waals surface area contributed by atoms with Gasteiger partial charge in [-0.25, -0.2) is 0 Å². The Hall–Kier alpha value is -0.390. The average Bonchev–Trinajstić information content (AvgIpc) is 2.25. The molecular weight excluding hydrogens is 220 g/mol. The van der Waals surface area contributed by atoms with E-state index < -0.39 is 0 Å². The SMILES string of the molecule is Cc1nn(C)c(CCNN)c1Br. The Balaban J connectivity index is 2.82. The van der Waals surface area contributed by atoms with Crippen LogP contribution < -0.4 is 11.3 Å². The van der Waals surface area contributed by atoms with Gasteiger partial charge in [0.1, 0.15) is 0 Å². The van der Waals surface area contributed by atoms with E-state index in [0.29, 0.717) is 0 Å². The van der Waals surface area contributed by atoms with Gasteiger partial charge in [0, 0.05) is 20.0 Å². The van der Waals surface area contributed by atoms with Crippen molar-refractivity contribution >= 4 is 15.9 Å². The minimum absolute atomic E-state index is 0.761. The molecule has 0 spiro atoms. The fourth-order valence-corrected chi connectivity index (χ4v) is 1.68. The lowest BCUT2D eigenvalue weighted by molar-refractivity contribution is 0.658. The van der Waals surface area contributed by atoms with Crippen molar-refractivity contribution in [1.29, 1.82) is 0 Å². The molecule has 3 N–H and O–H groups in total. The van der Waals surface area contributed by atoms with E-state index in [2.05, 4.69) is 26.5 Å². The lowest BCUT2D eigenvalue weighted by atomic mass is 10.3. The molecule has 0 atom stereocenters. The van der Waals surface area contributed by atoms with Crippen LogP contribution in [0.5, 0.6) is 0 Å². The van der Waals surface area contributed by atoms with Crippen molar-refractivity contribution in [1.82, 2.24) is 15.2 Å². The predicted molar refractivity (Wildman–Crippen MR) is 51.5 cm³/mol. The van der Waals surface area contributed by atoms with E-state index in [0.717, 1.165) is 23.1 Å². The summed E-state index contributed by atoms with van der Waals surface area (Å²) in [5, 5.41) is 4.26. The lowest BCUT2D eigenvalue weighted by Crippen LogP contribution is -2.25. The molecular formula is C7H13BrN4. The van der Waals surface area contributed by atoms with E-state index in [1.807, 2.05) is 18.7 Å². The number of hydrogen-bond donors (Lipinski definition) is 2. The number of rotatable bonds is 3. The molecule has 0 radical (unpaired) electrons. The highest BCUT2D eigenvalue weighted by Crippen LogP contribution is 2.19. The van der Waals surface area contributed by atoms with Crippen molar-refractivity contribution < 1.29 is 0 Å². The van der Waals surface area contributed by atoms with Crippen molar-refractivity contribution in [2.75, 3.05) is 6.54 Å². The first kappa shape index (κ1) is 9.70. The number of hydrazine groups is 1. The van der Waals surface area contributed by atoms with E-state index in [9.17, 15) is 0 Å². The number of halogens is 1. The third-order valence-electron chi connectivity index (χ3n) is 1.77. The summed E-state index contributed by atoms with van der Waals surface area (Å²) in [5.74, 6) is 5.19. The molecule has 1 heterocycles. The molecule has 1 aromatic rings. The van der Waals surface area contributed by atoms with Crippen LogP contribution >= 0.6 is 15.9 Å². The molecule has 0 unspecified atom stereocenters. The van der Waals surface area contributed by atoms with Gasteiger partial charge in [0.05, 0.1) is 15.9 Å². The number of nitrogens with two attached hydrogens (primary N) is 1. The van der Waals surface area contributed by atoms with Crippen LogP contribution in [0, 0.1) is 6.92 Å². The van der Waals surface area contributed by atoms with Crippen LogP contribution in [0.2, 0.25) is 0 Å². The highest BCUT2D eigenvalue weighted by Gasteiger charge is 2.08. The van der Waals surface area contributed by atoms with Gasteiger partial charge in [0.25, 0.3) is 0 Å². The van der Waals surface area contributed by atoms with E-state index in [1.54, 1.807) is 0 Å². The molecule has 0 fully saturated rings. The maximum Gasteiger partial charge on any atom is 0.0738 e. The topological polar surface area (TPSA) is 55.9 Å². The molecule has 0 aliphatic heterocycles. The maximum atomic E-state index is 5.19. The van der Waals surface area contributed by atoms with Crippen LogP contribution in [0.4, 0.5) is 0 Å². The quantitative estimate of drug-likeness (QED) is 0.590. The van der Waals surface area contributed by atoms with Crippen molar-refractivity contribution in [3.05, 3.63) is 15.9 Å². The van der Waals surface area contributed by atoms with Crippen molar-refractivity contribution in [2.24, 2.45) is 12.9 Å². The zero-order valence-corrected chi connectivity index (χ0v) is 8.85. The van der Waals surface area contributed by atoms with Crippen molar-refractivity contribution in [3.8, 4) is 0 Å². The van der Waals surface area contributed by atoms with E-state index >= 15 is 0 Å². The van der Waals surface area contributed by atoms with Crippen LogP contribution in [-0.2, 0) is 13.5 Å². The zero-order chi connectivity index (χ0) is 9.14. The lowest BCUT2D eigenvalue weighted by Gasteiger charge is -2.01. The molecule has 0 saturated heterocycles. The highest BCUT2D eigenvalue weighted by atomic mass is 79.9. The molecule has 0 amide bonds. The predicted octanol–water partition coefficient (Wildman–Crippen LogP) is 0.497. The highest BCUT2D eigenvalue weighted by molar-refractivity contribution is 9.10. The van der Waals surface area contributed by atoms with Gasteiger partial charge in [-0.3, -0.25) is 16.0 Å². The van der Waals surface area contributed by atoms with Crippen LogP contribution in [0.25, 0.3) is 0 Å². The van der Waals surface area contributed by atoms with Crippen molar-refractivity contribution in [3.63, 3.8) is 0 Å². The Labute approximate surface area is 80.2 Å². The summed E-state index contributed by atoms with van der Waals surface area (Å²) in [5.41, 5.74) is 4.81. The van der Waals surface area contributed by atoms with Crippen LogP contribution in [-0.4, -0.2) is 16.3 Å². The van der Waals surface area contributed by atoms with Gasteiger partial charge < -0.3 is 0 Å². The maximum absolute atomic E-state index is 5.19. The normalized spacial score (nSPS) is 10.7. The van der Waals surface area contributed by atoms with Gasteiger partial charge in [0.2, 0.25) is 0 Å². The van der Waals surface area contributed by atoms with E-state index in [-0.39, 0.29) is 0 Å². The molecule has 0 bridgehead atoms. The number of nitrogens with one attached hydrogen (secondary N) is 1.